The Morgan fingerprint density at radius 2 is 1.82 bits per heavy atom. The van der Waals surface area contributed by atoms with Gasteiger partial charge >= 0.3 is 0 Å². The molecule has 0 atom stereocenters. The van der Waals surface area contributed by atoms with E-state index in [1.165, 1.54) is 11.8 Å². The standard InChI is InChI=1S/C17H14ClN3S/c18-15-5-4-13(12-6-9-20-10-7-12)14(11-19)17(15)22-16-3-1-2-8-21-16/h1-10H,11,19H2. The number of aromatic nitrogens is 2. The lowest BCUT2D eigenvalue weighted by molar-refractivity contribution is 1.03. The summed E-state index contributed by atoms with van der Waals surface area (Å²) in [7, 11) is 0. The molecule has 22 heavy (non-hydrogen) atoms. The molecule has 2 N–H and O–H groups in total. The third-order valence-corrected chi connectivity index (χ3v) is 4.80. The third-order valence-electron chi connectivity index (χ3n) is 3.25. The van der Waals surface area contributed by atoms with Gasteiger partial charge < -0.3 is 5.73 Å². The summed E-state index contributed by atoms with van der Waals surface area (Å²) in [5, 5.41) is 1.58. The van der Waals surface area contributed by atoms with Gasteiger partial charge in [-0.25, -0.2) is 4.98 Å². The molecule has 0 saturated heterocycles. The third kappa shape index (κ3) is 3.14. The van der Waals surface area contributed by atoms with Crippen LogP contribution in [0.5, 0.6) is 0 Å². The molecule has 3 rings (SSSR count). The predicted molar refractivity (Wildman–Crippen MR) is 90.9 cm³/mol. The monoisotopic (exact) mass is 327 g/mol. The van der Waals surface area contributed by atoms with Crippen molar-refractivity contribution in [3.05, 3.63) is 71.6 Å². The molecule has 0 saturated carbocycles. The summed E-state index contributed by atoms with van der Waals surface area (Å²) in [4.78, 5) is 9.36. The number of benzene rings is 1. The molecular weight excluding hydrogens is 314 g/mol. The van der Waals surface area contributed by atoms with Gasteiger partial charge in [-0.05, 0) is 47.0 Å². The van der Waals surface area contributed by atoms with E-state index in [2.05, 4.69) is 9.97 Å². The van der Waals surface area contributed by atoms with Gasteiger partial charge in [0.1, 0.15) is 5.03 Å². The number of halogens is 1. The lowest BCUT2D eigenvalue weighted by Crippen LogP contribution is -2.02. The summed E-state index contributed by atoms with van der Waals surface area (Å²) < 4.78 is 0. The van der Waals surface area contributed by atoms with Gasteiger partial charge in [0.15, 0.2) is 0 Å². The second-order valence-corrected chi connectivity index (χ2v) is 6.05. The van der Waals surface area contributed by atoms with E-state index in [9.17, 15) is 0 Å². The maximum atomic E-state index is 6.40. The van der Waals surface area contributed by atoms with Crippen LogP contribution in [0.3, 0.4) is 0 Å². The second-order valence-electron chi connectivity index (χ2n) is 4.61. The number of nitrogens with zero attached hydrogens (tertiary/aromatic N) is 2. The SMILES string of the molecule is NCc1c(-c2ccncc2)ccc(Cl)c1Sc1ccccn1. The smallest absolute Gasteiger partial charge is 0.101 e. The fourth-order valence-corrected chi connectivity index (χ4v) is 3.47. The largest absolute Gasteiger partial charge is 0.326 e. The molecule has 110 valence electrons. The molecule has 0 unspecified atom stereocenters. The molecule has 5 heteroatoms. The van der Waals surface area contributed by atoms with E-state index in [0.717, 1.165) is 26.6 Å². The summed E-state index contributed by atoms with van der Waals surface area (Å²) in [6.45, 7) is 0.410. The zero-order chi connectivity index (χ0) is 15.4. The van der Waals surface area contributed by atoms with Gasteiger partial charge in [0.25, 0.3) is 0 Å². The van der Waals surface area contributed by atoms with Crippen molar-refractivity contribution < 1.29 is 0 Å². The van der Waals surface area contributed by atoms with Crippen LogP contribution in [0.1, 0.15) is 5.56 Å². The van der Waals surface area contributed by atoms with Crippen molar-refractivity contribution in [2.75, 3.05) is 0 Å². The van der Waals surface area contributed by atoms with Crippen LogP contribution in [0.25, 0.3) is 11.1 Å². The van der Waals surface area contributed by atoms with Crippen molar-refractivity contribution in [2.45, 2.75) is 16.5 Å². The van der Waals surface area contributed by atoms with E-state index >= 15 is 0 Å². The van der Waals surface area contributed by atoms with Crippen molar-refractivity contribution in [2.24, 2.45) is 5.73 Å². The Morgan fingerprint density at radius 3 is 2.50 bits per heavy atom. The van der Waals surface area contributed by atoms with Crippen LogP contribution in [0.4, 0.5) is 0 Å². The minimum atomic E-state index is 0.410. The molecule has 0 amide bonds. The fourth-order valence-electron chi connectivity index (χ4n) is 2.23. The quantitative estimate of drug-likeness (QED) is 0.771. The van der Waals surface area contributed by atoms with Crippen LogP contribution in [-0.2, 0) is 6.54 Å². The van der Waals surface area contributed by atoms with Gasteiger partial charge in [0.2, 0.25) is 0 Å². The van der Waals surface area contributed by atoms with Crippen LogP contribution in [0, 0.1) is 0 Å². The van der Waals surface area contributed by atoms with Crippen molar-refractivity contribution >= 4 is 23.4 Å². The van der Waals surface area contributed by atoms with Gasteiger partial charge in [-0.2, -0.15) is 0 Å². The number of nitrogens with two attached hydrogens (primary N) is 1. The summed E-state index contributed by atoms with van der Waals surface area (Å²) in [6.07, 6.45) is 5.32. The minimum Gasteiger partial charge on any atom is -0.326 e. The minimum absolute atomic E-state index is 0.410. The van der Waals surface area contributed by atoms with E-state index in [1.54, 1.807) is 18.6 Å². The van der Waals surface area contributed by atoms with Crippen LogP contribution >= 0.6 is 23.4 Å². The van der Waals surface area contributed by atoms with Gasteiger partial charge in [0, 0.05) is 30.0 Å². The Kier molecular flexibility index (Phi) is 4.73. The molecule has 0 aliphatic carbocycles. The number of pyridine rings is 2. The first kappa shape index (κ1) is 15.0. The number of hydrogen-bond donors (Lipinski definition) is 1. The summed E-state index contributed by atoms with van der Waals surface area (Å²) >= 11 is 7.94. The molecule has 1 aromatic carbocycles. The van der Waals surface area contributed by atoms with E-state index in [4.69, 9.17) is 17.3 Å². The molecule has 0 bridgehead atoms. The maximum absolute atomic E-state index is 6.40. The molecule has 0 radical (unpaired) electrons. The molecule has 0 spiro atoms. The lowest BCUT2D eigenvalue weighted by Gasteiger charge is -2.14. The van der Waals surface area contributed by atoms with Crippen LogP contribution < -0.4 is 5.73 Å². The number of rotatable bonds is 4. The Morgan fingerprint density at radius 1 is 1.00 bits per heavy atom. The highest BCUT2D eigenvalue weighted by Crippen LogP contribution is 2.39. The first-order valence-electron chi connectivity index (χ1n) is 6.80. The first-order chi connectivity index (χ1) is 10.8. The highest BCUT2D eigenvalue weighted by molar-refractivity contribution is 7.99. The van der Waals surface area contributed by atoms with E-state index in [0.29, 0.717) is 11.6 Å². The molecular formula is C17H14ClN3S. The average Bonchev–Trinajstić information content (AvgIpc) is 2.58. The Labute approximate surface area is 138 Å². The second kappa shape index (κ2) is 6.92. The summed E-state index contributed by atoms with van der Waals surface area (Å²) in [5.74, 6) is 0. The molecule has 3 nitrogen and oxygen atoms in total. The van der Waals surface area contributed by atoms with Crippen molar-refractivity contribution in [1.82, 2.24) is 9.97 Å². The zero-order valence-corrected chi connectivity index (χ0v) is 13.3. The molecule has 2 heterocycles. The van der Waals surface area contributed by atoms with Crippen molar-refractivity contribution in [3.8, 4) is 11.1 Å². The van der Waals surface area contributed by atoms with Crippen molar-refractivity contribution in [1.29, 1.82) is 0 Å². The summed E-state index contributed by atoms with van der Waals surface area (Å²) in [5.41, 5.74) is 9.18. The van der Waals surface area contributed by atoms with E-state index in [1.807, 2.05) is 42.5 Å². The normalized spacial score (nSPS) is 10.6. The number of hydrogen-bond acceptors (Lipinski definition) is 4. The van der Waals surface area contributed by atoms with Gasteiger partial charge in [0.05, 0.1) is 5.02 Å². The Balaban J connectivity index is 2.09. The zero-order valence-electron chi connectivity index (χ0n) is 11.7. The Bertz CT molecular complexity index is 764. The van der Waals surface area contributed by atoms with Gasteiger partial charge in [-0.15, -0.1) is 0 Å². The predicted octanol–water partition coefficient (Wildman–Crippen LogP) is 4.41. The topological polar surface area (TPSA) is 51.8 Å². The van der Waals surface area contributed by atoms with Crippen LogP contribution in [0.15, 0.2) is 71.0 Å². The average molecular weight is 328 g/mol. The van der Waals surface area contributed by atoms with Gasteiger partial charge in [-0.1, -0.05) is 35.5 Å². The van der Waals surface area contributed by atoms with Crippen molar-refractivity contribution in [3.63, 3.8) is 0 Å². The molecule has 0 fully saturated rings. The maximum Gasteiger partial charge on any atom is 0.101 e. The highest BCUT2D eigenvalue weighted by atomic mass is 35.5. The molecule has 0 aliphatic rings. The highest BCUT2D eigenvalue weighted by Gasteiger charge is 2.14. The van der Waals surface area contributed by atoms with E-state index in [-0.39, 0.29) is 0 Å². The fraction of sp³-hybridized carbons (Fsp3) is 0.0588. The van der Waals surface area contributed by atoms with Gasteiger partial charge in [-0.3, -0.25) is 4.98 Å². The first-order valence-corrected chi connectivity index (χ1v) is 8.00. The molecule has 3 aromatic rings. The van der Waals surface area contributed by atoms with Crippen LogP contribution in [-0.4, -0.2) is 9.97 Å². The molecule has 2 aromatic heterocycles. The lowest BCUT2D eigenvalue weighted by atomic mass is 10.0. The van der Waals surface area contributed by atoms with Crippen LogP contribution in [0.2, 0.25) is 5.02 Å². The molecule has 0 aliphatic heterocycles. The van der Waals surface area contributed by atoms with E-state index < -0.39 is 0 Å². The Hall–Kier alpha value is -1.88. The summed E-state index contributed by atoms with van der Waals surface area (Å²) in [6, 6.07) is 13.7.